The molecule has 2 N–H and O–H groups in total. The van der Waals surface area contributed by atoms with Gasteiger partial charge >= 0.3 is 0 Å². The van der Waals surface area contributed by atoms with Gasteiger partial charge in [-0.3, -0.25) is 14.4 Å². The lowest BCUT2D eigenvalue weighted by atomic mass is 10.1. The third-order valence-corrected chi connectivity index (χ3v) is 6.87. The normalized spacial score (nSPS) is 10.7. The van der Waals surface area contributed by atoms with Crippen LogP contribution >= 0.6 is 15.9 Å². The van der Waals surface area contributed by atoms with E-state index in [4.69, 9.17) is 14.2 Å². The number of hydrogen-bond acceptors (Lipinski definition) is 8. The molecule has 2 aromatic carbocycles. The Hall–Kier alpha value is -4.47. The zero-order valence-electron chi connectivity index (χ0n) is 23.1. The summed E-state index contributed by atoms with van der Waals surface area (Å²) in [5, 5.41) is 16.2. The highest BCUT2D eigenvalue weighted by Crippen LogP contribution is 2.28. The second kappa shape index (κ2) is 14.8. The first-order valence-electron chi connectivity index (χ1n) is 12.6. The monoisotopic (exact) mass is 623 g/mol. The molecular formula is C29H30BrN5O6. The second-order valence-electron chi connectivity index (χ2n) is 8.82. The molecule has 0 fully saturated rings. The van der Waals surface area contributed by atoms with E-state index in [1.807, 2.05) is 44.2 Å². The van der Waals surface area contributed by atoms with Crippen LogP contribution in [-0.2, 0) is 27.5 Å². The molecule has 2 amide bonds. The van der Waals surface area contributed by atoms with Crippen molar-refractivity contribution in [2.75, 3.05) is 25.6 Å². The van der Waals surface area contributed by atoms with Crippen LogP contribution in [0.2, 0.25) is 0 Å². The molecule has 0 aliphatic carbocycles. The van der Waals surface area contributed by atoms with Gasteiger partial charge in [-0.25, -0.2) is 5.43 Å². The molecule has 0 aliphatic heterocycles. The van der Waals surface area contributed by atoms with Gasteiger partial charge in [-0.1, -0.05) is 17.7 Å². The number of hydrazone groups is 1. The topological polar surface area (TPSA) is 144 Å². The van der Waals surface area contributed by atoms with E-state index in [2.05, 4.69) is 31.8 Å². The number of halogens is 1. The summed E-state index contributed by atoms with van der Waals surface area (Å²) >= 11 is 3.40. The number of nitrogens with zero attached hydrogens (tertiary/aromatic N) is 3. The van der Waals surface area contributed by atoms with Crippen LogP contribution in [0.25, 0.3) is 0 Å². The molecule has 0 bridgehead atoms. The molecule has 0 saturated carbocycles. The van der Waals surface area contributed by atoms with E-state index in [0.717, 1.165) is 5.56 Å². The molecule has 0 radical (unpaired) electrons. The lowest BCUT2D eigenvalue weighted by Crippen LogP contribution is -2.33. The van der Waals surface area contributed by atoms with Crippen LogP contribution in [0.1, 0.15) is 34.9 Å². The molecule has 0 atom stereocenters. The van der Waals surface area contributed by atoms with Crippen LogP contribution in [0.3, 0.4) is 0 Å². The standard InChI is InChI=1S/C29H30BrN5O6/c1-5-40-25-12-20(8-11-24(25)41-17-27(37)33-21-9-6-18(2)7-10-21)14-32-34-26(36)15-35-19(3)28(30)23(16-39-4)22(13-31)29(35)38/h6-12,14H,5,15-17H2,1-4H3,(H,33,37)(H,34,36)/b32-14-. The Morgan fingerprint density at radius 2 is 1.83 bits per heavy atom. The van der Waals surface area contributed by atoms with Crippen molar-refractivity contribution in [2.24, 2.45) is 5.10 Å². The molecule has 3 aromatic rings. The van der Waals surface area contributed by atoms with Crippen molar-refractivity contribution in [3.05, 3.63) is 85.2 Å². The van der Waals surface area contributed by atoms with E-state index >= 15 is 0 Å². The Morgan fingerprint density at radius 3 is 2.49 bits per heavy atom. The van der Waals surface area contributed by atoms with E-state index < -0.39 is 11.5 Å². The molecule has 0 saturated heterocycles. The minimum atomic E-state index is -0.594. The summed E-state index contributed by atoms with van der Waals surface area (Å²) in [6.45, 7) is 5.32. The third-order valence-electron chi connectivity index (χ3n) is 5.82. The van der Waals surface area contributed by atoms with Gasteiger partial charge in [0.1, 0.15) is 18.2 Å². The maximum absolute atomic E-state index is 12.8. The maximum Gasteiger partial charge on any atom is 0.269 e. The molecule has 1 heterocycles. The fraction of sp³-hybridized carbons (Fsp3) is 0.276. The first-order valence-corrected chi connectivity index (χ1v) is 13.4. The molecule has 11 nitrogen and oxygen atoms in total. The molecule has 1 aromatic heterocycles. The van der Waals surface area contributed by atoms with Gasteiger partial charge in [0, 0.05) is 28.5 Å². The van der Waals surface area contributed by atoms with E-state index in [9.17, 15) is 19.6 Å². The Labute approximate surface area is 245 Å². The van der Waals surface area contributed by atoms with E-state index in [1.54, 1.807) is 25.1 Å². The van der Waals surface area contributed by atoms with Crippen molar-refractivity contribution in [1.29, 1.82) is 5.26 Å². The summed E-state index contributed by atoms with van der Waals surface area (Å²) in [6, 6.07) is 14.3. The van der Waals surface area contributed by atoms with Crippen molar-refractivity contribution in [3.63, 3.8) is 0 Å². The number of benzene rings is 2. The summed E-state index contributed by atoms with van der Waals surface area (Å²) in [5.74, 6) is -0.108. The maximum atomic E-state index is 12.8. The van der Waals surface area contributed by atoms with Crippen LogP contribution in [0.5, 0.6) is 11.5 Å². The Balaban J connectivity index is 1.65. The van der Waals surface area contributed by atoms with Crippen LogP contribution < -0.4 is 25.8 Å². The first kappa shape index (κ1) is 31.1. The smallest absolute Gasteiger partial charge is 0.269 e. The van der Waals surface area contributed by atoms with Gasteiger partial charge in [-0.2, -0.15) is 10.4 Å². The number of nitrogens with one attached hydrogen (secondary N) is 2. The SMILES string of the molecule is CCOc1cc(/C=N\NC(=O)Cn2c(C)c(Br)c(COC)c(C#N)c2=O)ccc1OCC(=O)Nc1ccc(C)cc1. The van der Waals surface area contributed by atoms with Crippen LogP contribution in [-0.4, -0.2) is 42.9 Å². The van der Waals surface area contributed by atoms with Gasteiger partial charge in [-0.15, -0.1) is 0 Å². The highest BCUT2D eigenvalue weighted by Gasteiger charge is 2.19. The third kappa shape index (κ3) is 8.26. The molecular weight excluding hydrogens is 594 g/mol. The van der Waals surface area contributed by atoms with Crippen LogP contribution in [0.4, 0.5) is 5.69 Å². The molecule has 41 heavy (non-hydrogen) atoms. The predicted octanol–water partition coefficient (Wildman–Crippen LogP) is 3.81. The lowest BCUT2D eigenvalue weighted by Gasteiger charge is -2.15. The van der Waals surface area contributed by atoms with Gasteiger partial charge in [0.05, 0.1) is 19.4 Å². The van der Waals surface area contributed by atoms with Crippen molar-refractivity contribution in [3.8, 4) is 17.6 Å². The predicted molar refractivity (Wildman–Crippen MR) is 157 cm³/mol. The quantitative estimate of drug-likeness (QED) is 0.230. The Bertz CT molecular complexity index is 1540. The minimum Gasteiger partial charge on any atom is -0.490 e. The number of methoxy groups -OCH3 is 1. The van der Waals surface area contributed by atoms with Crippen molar-refractivity contribution >= 4 is 39.6 Å². The number of nitriles is 1. The minimum absolute atomic E-state index is 0.0745. The van der Waals surface area contributed by atoms with Gasteiger partial charge < -0.3 is 24.1 Å². The van der Waals surface area contributed by atoms with E-state index in [-0.39, 0.29) is 31.2 Å². The molecule has 3 rings (SSSR count). The average Bonchev–Trinajstić information content (AvgIpc) is 2.95. The molecule has 0 aliphatic rings. The summed E-state index contributed by atoms with van der Waals surface area (Å²) in [7, 11) is 1.46. The number of ether oxygens (including phenoxy) is 3. The zero-order valence-corrected chi connectivity index (χ0v) is 24.7. The Morgan fingerprint density at radius 1 is 1.10 bits per heavy atom. The van der Waals surface area contributed by atoms with Crippen LogP contribution in [0.15, 0.2) is 56.8 Å². The van der Waals surface area contributed by atoms with Gasteiger partial charge in [0.15, 0.2) is 18.1 Å². The number of anilines is 1. The van der Waals surface area contributed by atoms with Gasteiger partial charge in [0.25, 0.3) is 17.4 Å². The van der Waals surface area contributed by atoms with E-state index in [0.29, 0.717) is 45.1 Å². The van der Waals surface area contributed by atoms with Gasteiger partial charge in [0.2, 0.25) is 0 Å². The number of carbonyl (C=O) groups excluding carboxylic acids is 2. The highest BCUT2D eigenvalue weighted by molar-refractivity contribution is 9.10. The molecule has 0 unspecified atom stereocenters. The molecule has 12 heteroatoms. The zero-order chi connectivity index (χ0) is 29.9. The Kier molecular flexibility index (Phi) is 11.2. The number of pyridine rings is 1. The number of aryl methyl sites for hydroxylation is 1. The summed E-state index contributed by atoms with van der Waals surface area (Å²) < 4.78 is 18.1. The fourth-order valence-electron chi connectivity index (χ4n) is 3.78. The number of carbonyl (C=O) groups is 2. The first-order chi connectivity index (χ1) is 19.7. The largest absolute Gasteiger partial charge is 0.490 e. The second-order valence-corrected chi connectivity index (χ2v) is 9.62. The summed E-state index contributed by atoms with van der Waals surface area (Å²) in [4.78, 5) is 37.7. The average molecular weight is 624 g/mol. The van der Waals surface area contributed by atoms with Crippen molar-refractivity contribution < 1.29 is 23.8 Å². The van der Waals surface area contributed by atoms with Crippen molar-refractivity contribution in [2.45, 2.75) is 33.9 Å². The van der Waals surface area contributed by atoms with Crippen LogP contribution in [0, 0.1) is 25.2 Å². The number of rotatable bonds is 12. The van der Waals surface area contributed by atoms with Gasteiger partial charge in [-0.05, 0) is 72.6 Å². The molecule has 214 valence electrons. The molecule has 0 spiro atoms. The lowest BCUT2D eigenvalue weighted by molar-refractivity contribution is -0.121. The highest BCUT2D eigenvalue weighted by atomic mass is 79.9. The number of amides is 2. The summed E-state index contributed by atoms with van der Waals surface area (Å²) in [5.41, 5.74) is 4.95. The van der Waals surface area contributed by atoms with Crippen molar-refractivity contribution in [1.82, 2.24) is 9.99 Å². The number of aromatic nitrogens is 1. The summed E-state index contributed by atoms with van der Waals surface area (Å²) in [6.07, 6.45) is 1.41. The van der Waals surface area contributed by atoms with E-state index in [1.165, 1.54) is 17.9 Å². The fourth-order valence-corrected chi connectivity index (χ4v) is 4.30. The number of hydrogen-bond donors (Lipinski definition) is 2.